The molecule has 4 rings (SSSR count). The Balaban J connectivity index is 1.47. The van der Waals surface area contributed by atoms with Crippen molar-refractivity contribution in [1.82, 2.24) is 0 Å². The molecule has 2 aromatic carbocycles. The van der Waals surface area contributed by atoms with Crippen molar-refractivity contribution < 1.29 is 13.2 Å². The SMILES string of the molecule is CCC1CC[C@@H]2C[C@H](c3ccc(-c4cc(F)c(F)c(F)c4)cc3)CC[C@@H]2C1. The summed E-state index contributed by atoms with van der Waals surface area (Å²) in [5, 5.41) is 0. The number of hydrogen-bond acceptors (Lipinski definition) is 0. The second-order valence-electron chi connectivity index (χ2n) is 8.49. The molecule has 27 heavy (non-hydrogen) atoms. The van der Waals surface area contributed by atoms with E-state index in [1.807, 2.05) is 12.1 Å². The lowest BCUT2D eigenvalue weighted by Gasteiger charge is -2.42. The van der Waals surface area contributed by atoms with Crippen molar-refractivity contribution in [2.24, 2.45) is 17.8 Å². The van der Waals surface area contributed by atoms with Gasteiger partial charge in [0.15, 0.2) is 17.5 Å². The standard InChI is InChI=1S/C24H27F3/c1-2-15-3-4-20-12-19(10-9-18(20)11-15)16-5-7-17(8-6-16)21-13-22(25)24(27)23(26)14-21/h5-8,13-15,18-20H,2-4,9-12H2,1H3/t15?,18-,19-,20-/m1/s1. The molecule has 4 atom stereocenters. The highest BCUT2D eigenvalue weighted by molar-refractivity contribution is 5.64. The topological polar surface area (TPSA) is 0 Å². The summed E-state index contributed by atoms with van der Waals surface area (Å²) in [5.74, 6) is -0.426. The largest absolute Gasteiger partial charge is 0.204 e. The van der Waals surface area contributed by atoms with E-state index in [1.54, 1.807) is 0 Å². The van der Waals surface area contributed by atoms with Crippen molar-refractivity contribution in [3.8, 4) is 11.1 Å². The summed E-state index contributed by atoms with van der Waals surface area (Å²) in [6.45, 7) is 2.32. The number of hydrogen-bond donors (Lipinski definition) is 0. The van der Waals surface area contributed by atoms with Crippen LogP contribution in [0.25, 0.3) is 11.1 Å². The van der Waals surface area contributed by atoms with Crippen molar-refractivity contribution in [2.45, 2.75) is 57.8 Å². The molecule has 144 valence electrons. The summed E-state index contributed by atoms with van der Waals surface area (Å²) < 4.78 is 40.1. The normalized spacial score (nSPS) is 28.0. The molecule has 2 saturated carbocycles. The zero-order valence-electron chi connectivity index (χ0n) is 15.9. The first-order valence-corrected chi connectivity index (χ1v) is 10.3. The monoisotopic (exact) mass is 372 g/mol. The summed E-state index contributed by atoms with van der Waals surface area (Å²) in [7, 11) is 0. The summed E-state index contributed by atoms with van der Waals surface area (Å²) in [6, 6.07) is 10.1. The zero-order chi connectivity index (χ0) is 19.0. The molecule has 0 heterocycles. The summed E-state index contributed by atoms with van der Waals surface area (Å²) in [6.07, 6.45) is 9.29. The van der Waals surface area contributed by atoms with Crippen LogP contribution >= 0.6 is 0 Å². The molecule has 0 N–H and O–H groups in total. The van der Waals surface area contributed by atoms with Crippen LogP contribution in [-0.2, 0) is 0 Å². The quantitative estimate of drug-likeness (QED) is 0.490. The van der Waals surface area contributed by atoms with Gasteiger partial charge in [0, 0.05) is 0 Å². The Bertz CT molecular complexity index is 773. The smallest absolute Gasteiger partial charge is 0.194 e. The molecule has 3 heteroatoms. The second kappa shape index (κ2) is 7.69. The maximum atomic E-state index is 13.5. The first-order valence-electron chi connectivity index (χ1n) is 10.3. The van der Waals surface area contributed by atoms with Gasteiger partial charge in [-0.25, -0.2) is 13.2 Å². The van der Waals surface area contributed by atoms with E-state index in [-0.39, 0.29) is 0 Å². The van der Waals surface area contributed by atoms with Gasteiger partial charge in [-0.1, -0.05) is 44.0 Å². The van der Waals surface area contributed by atoms with Crippen molar-refractivity contribution in [3.05, 3.63) is 59.4 Å². The molecule has 0 aromatic heterocycles. The Hall–Kier alpha value is -1.77. The van der Waals surface area contributed by atoms with Gasteiger partial charge in [-0.05, 0) is 84.6 Å². The summed E-state index contributed by atoms with van der Waals surface area (Å²) >= 11 is 0. The predicted octanol–water partition coefficient (Wildman–Crippen LogP) is 7.48. The van der Waals surface area contributed by atoms with Crippen molar-refractivity contribution in [3.63, 3.8) is 0 Å². The van der Waals surface area contributed by atoms with Crippen LogP contribution in [0.3, 0.4) is 0 Å². The van der Waals surface area contributed by atoms with Gasteiger partial charge in [0.2, 0.25) is 0 Å². The van der Waals surface area contributed by atoms with Gasteiger partial charge >= 0.3 is 0 Å². The van der Waals surface area contributed by atoms with Gasteiger partial charge in [-0.15, -0.1) is 0 Å². The van der Waals surface area contributed by atoms with Crippen LogP contribution in [0.1, 0.15) is 63.4 Å². The highest BCUT2D eigenvalue weighted by Crippen LogP contribution is 2.48. The van der Waals surface area contributed by atoms with Crippen molar-refractivity contribution in [2.75, 3.05) is 0 Å². The zero-order valence-corrected chi connectivity index (χ0v) is 15.9. The Labute approximate surface area is 159 Å². The molecule has 2 aromatic rings. The first-order chi connectivity index (χ1) is 13.0. The Kier molecular flexibility index (Phi) is 5.29. The molecule has 0 radical (unpaired) electrons. The number of benzene rings is 2. The minimum Gasteiger partial charge on any atom is -0.204 e. The van der Waals surface area contributed by atoms with E-state index < -0.39 is 17.5 Å². The van der Waals surface area contributed by atoms with Gasteiger partial charge < -0.3 is 0 Å². The Morgan fingerprint density at radius 1 is 0.778 bits per heavy atom. The van der Waals surface area contributed by atoms with E-state index in [2.05, 4.69) is 19.1 Å². The molecule has 0 amide bonds. The fourth-order valence-corrected chi connectivity index (χ4v) is 5.33. The maximum Gasteiger partial charge on any atom is 0.194 e. The lowest BCUT2D eigenvalue weighted by molar-refractivity contribution is 0.116. The van der Waals surface area contributed by atoms with Crippen LogP contribution in [0, 0.1) is 35.2 Å². The van der Waals surface area contributed by atoms with Gasteiger partial charge in [-0.3, -0.25) is 0 Å². The molecule has 0 nitrogen and oxygen atoms in total. The van der Waals surface area contributed by atoms with E-state index in [4.69, 9.17) is 0 Å². The van der Waals surface area contributed by atoms with E-state index in [0.29, 0.717) is 17.0 Å². The number of fused-ring (bicyclic) bond motifs is 1. The van der Waals surface area contributed by atoms with Crippen LogP contribution in [0.2, 0.25) is 0 Å². The fourth-order valence-electron chi connectivity index (χ4n) is 5.33. The molecule has 1 unspecified atom stereocenters. The van der Waals surface area contributed by atoms with E-state index in [0.717, 1.165) is 29.9 Å². The van der Waals surface area contributed by atoms with Gasteiger partial charge in [0.05, 0.1) is 0 Å². The van der Waals surface area contributed by atoms with Crippen LogP contribution in [0.5, 0.6) is 0 Å². The summed E-state index contributed by atoms with van der Waals surface area (Å²) in [4.78, 5) is 0. The third kappa shape index (κ3) is 3.79. The molecule has 0 aliphatic heterocycles. The number of rotatable bonds is 3. The van der Waals surface area contributed by atoms with Crippen molar-refractivity contribution >= 4 is 0 Å². The van der Waals surface area contributed by atoms with Crippen LogP contribution in [0.15, 0.2) is 36.4 Å². The maximum absolute atomic E-state index is 13.5. The molecule has 0 bridgehead atoms. The van der Waals surface area contributed by atoms with E-state index in [1.165, 1.54) is 50.5 Å². The highest BCUT2D eigenvalue weighted by Gasteiger charge is 2.35. The average molecular weight is 372 g/mol. The lowest BCUT2D eigenvalue weighted by Crippen LogP contribution is -2.30. The number of halogens is 3. The van der Waals surface area contributed by atoms with Gasteiger partial charge in [0.1, 0.15) is 0 Å². The van der Waals surface area contributed by atoms with Crippen LogP contribution in [0.4, 0.5) is 13.2 Å². The van der Waals surface area contributed by atoms with Gasteiger partial charge in [0.25, 0.3) is 0 Å². The first kappa shape index (κ1) is 18.6. The Morgan fingerprint density at radius 2 is 1.41 bits per heavy atom. The van der Waals surface area contributed by atoms with E-state index >= 15 is 0 Å². The molecule has 2 aliphatic carbocycles. The third-order valence-electron chi connectivity index (χ3n) is 7.00. The fraction of sp³-hybridized carbons (Fsp3) is 0.500. The molecular weight excluding hydrogens is 345 g/mol. The van der Waals surface area contributed by atoms with Gasteiger partial charge in [-0.2, -0.15) is 0 Å². The lowest BCUT2D eigenvalue weighted by atomic mass is 9.63. The Morgan fingerprint density at radius 3 is 2.07 bits per heavy atom. The predicted molar refractivity (Wildman–Crippen MR) is 103 cm³/mol. The molecule has 0 saturated heterocycles. The second-order valence-corrected chi connectivity index (χ2v) is 8.49. The molecule has 2 aliphatic rings. The average Bonchev–Trinajstić information content (AvgIpc) is 2.71. The molecular formula is C24H27F3. The summed E-state index contributed by atoms with van der Waals surface area (Å²) in [5.41, 5.74) is 2.41. The minimum atomic E-state index is -1.41. The third-order valence-corrected chi connectivity index (χ3v) is 7.00. The van der Waals surface area contributed by atoms with Crippen molar-refractivity contribution in [1.29, 1.82) is 0 Å². The highest BCUT2D eigenvalue weighted by atomic mass is 19.2. The minimum absolute atomic E-state index is 0.375. The molecule has 2 fully saturated rings. The van der Waals surface area contributed by atoms with E-state index in [9.17, 15) is 13.2 Å². The van der Waals surface area contributed by atoms with Crippen LogP contribution < -0.4 is 0 Å². The molecule has 0 spiro atoms. The van der Waals surface area contributed by atoms with Crippen LogP contribution in [-0.4, -0.2) is 0 Å².